The van der Waals surface area contributed by atoms with Crippen molar-refractivity contribution in [2.45, 2.75) is 21.9 Å². The molecular weight excluding hydrogens is 434 g/mol. The molecule has 166 valence electrons. The summed E-state index contributed by atoms with van der Waals surface area (Å²) in [6, 6.07) is 15.0. The standard InChI is InChI=1S/C22H27N3O4S2/c1-3-15-24(30(26,27)19-11-7-5-8-12-19)21-17-23-18-22(21)25(16-4-2)31(28,29)20-13-9-6-10-14-20/h3-14,21-23H,1-2,15-18H2/t21-,22-/m0/s1. The fourth-order valence-electron chi connectivity index (χ4n) is 3.77. The quantitative estimate of drug-likeness (QED) is 0.548. The van der Waals surface area contributed by atoms with Crippen molar-refractivity contribution in [2.24, 2.45) is 0 Å². The molecule has 1 heterocycles. The summed E-state index contributed by atoms with van der Waals surface area (Å²) in [6.07, 6.45) is 3.03. The predicted molar refractivity (Wildman–Crippen MR) is 122 cm³/mol. The number of hydrogen-bond acceptors (Lipinski definition) is 5. The van der Waals surface area contributed by atoms with E-state index in [0.29, 0.717) is 13.1 Å². The van der Waals surface area contributed by atoms with Crippen molar-refractivity contribution >= 4 is 20.0 Å². The molecule has 0 radical (unpaired) electrons. The SMILES string of the molecule is C=CCN([C@H]1CNC[C@@H]1N(CC=C)S(=O)(=O)c1ccccc1)S(=O)(=O)c1ccccc1. The zero-order chi connectivity index (χ0) is 22.5. The van der Waals surface area contributed by atoms with Crippen LogP contribution >= 0.6 is 0 Å². The van der Waals surface area contributed by atoms with Crippen LogP contribution in [-0.4, -0.2) is 63.7 Å². The van der Waals surface area contributed by atoms with Gasteiger partial charge in [0.25, 0.3) is 0 Å². The Kier molecular flexibility index (Phi) is 7.45. The number of sulfonamides is 2. The van der Waals surface area contributed by atoms with Gasteiger partial charge in [-0.1, -0.05) is 48.6 Å². The van der Waals surface area contributed by atoms with Crippen molar-refractivity contribution in [3.05, 3.63) is 86.0 Å². The first-order valence-electron chi connectivity index (χ1n) is 9.90. The molecule has 0 spiro atoms. The van der Waals surface area contributed by atoms with E-state index in [2.05, 4.69) is 18.5 Å². The zero-order valence-corrected chi connectivity index (χ0v) is 18.8. The van der Waals surface area contributed by atoms with Crippen LogP contribution < -0.4 is 5.32 Å². The Hall–Kier alpha value is -2.30. The van der Waals surface area contributed by atoms with E-state index in [-0.39, 0.29) is 22.9 Å². The van der Waals surface area contributed by atoms with Crippen molar-refractivity contribution in [3.8, 4) is 0 Å². The maximum atomic E-state index is 13.4. The van der Waals surface area contributed by atoms with Crippen molar-refractivity contribution in [1.29, 1.82) is 0 Å². The van der Waals surface area contributed by atoms with Crippen LogP contribution in [0.3, 0.4) is 0 Å². The third kappa shape index (κ3) is 4.81. The number of benzene rings is 2. The van der Waals surface area contributed by atoms with Crippen LogP contribution in [0, 0.1) is 0 Å². The third-order valence-corrected chi connectivity index (χ3v) is 9.02. The lowest BCUT2D eigenvalue weighted by atomic mass is 10.1. The number of nitrogens with zero attached hydrogens (tertiary/aromatic N) is 2. The van der Waals surface area contributed by atoms with Gasteiger partial charge >= 0.3 is 0 Å². The van der Waals surface area contributed by atoms with Gasteiger partial charge in [0.15, 0.2) is 0 Å². The highest BCUT2D eigenvalue weighted by Crippen LogP contribution is 2.27. The highest BCUT2D eigenvalue weighted by atomic mass is 32.2. The fraction of sp³-hybridized carbons (Fsp3) is 0.273. The predicted octanol–water partition coefficient (Wildman–Crippen LogP) is 2.08. The van der Waals surface area contributed by atoms with Crippen LogP contribution in [0.4, 0.5) is 0 Å². The van der Waals surface area contributed by atoms with E-state index in [0.717, 1.165) is 0 Å². The number of hydrogen-bond donors (Lipinski definition) is 1. The molecule has 7 nitrogen and oxygen atoms in total. The molecule has 1 saturated heterocycles. The fourth-order valence-corrected chi connectivity index (χ4v) is 7.06. The Labute approximate surface area is 184 Å². The molecule has 1 aliphatic rings. The molecule has 2 atom stereocenters. The maximum Gasteiger partial charge on any atom is 0.243 e. The molecule has 3 rings (SSSR count). The van der Waals surface area contributed by atoms with Gasteiger partial charge in [0.1, 0.15) is 0 Å². The minimum atomic E-state index is -3.86. The first-order valence-corrected chi connectivity index (χ1v) is 12.8. The van der Waals surface area contributed by atoms with Crippen LogP contribution in [-0.2, 0) is 20.0 Å². The van der Waals surface area contributed by atoms with Gasteiger partial charge in [-0.25, -0.2) is 16.8 Å². The van der Waals surface area contributed by atoms with Gasteiger partial charge in [-0.15, -0.1) is 13.2 Å². The molecule has 1 fully saturated rings. The Morgan fingerprint density at radius 2 is 1.10 bits per heavy atom. The minimum absolute atomic E-state index is 0.0629. The van der Waals surface area contributed by atoms with Crippen molar-refractivity contribution in [2.75, 3.05) is 26.2 Å². The molecule has 0 unspecified atom stereocenters. The topological polar surface area (TPSA) is 86.8 Å². The van der Waals surface area contributed by atoms with Crippen LogP contribution in [0.15, 0.2) is 95.8 Å². The van der Waals surface area contributed by atoms with Crippen molar-refractivity contribution < 1.29 is 16.8 Å². The molecule has 0 aromatic heterocycles. The van der Waals surface area contributed by atoms with Gasteiger partial charge in [-0.2, -0.15) is 8.61 Å². The van der Waals surface area contributed by atoms with E-state index in [1.54, 1.807) is 36.4 Å². The summed E-state index contributed by atoms with van der Waals surface area (Å²) in [7, 11) is -7.73. The Balaban J connectivity index is 2.03. The minimum Gasteiger partial charge on any atom is -0.313 e. The summed E-state index contributed by atoms with van der Waals surface area (Å²) >= 11 is 0. The van der Waals surface area contributed by atoms with E-state index < -0.39 is 32.1 Å². The molecule has 2 aromatic rings. The Bertz CT molecular complexity index is 1010. The maximum absolute atomic E-state index is 13.4. The van der Waals surface area contributed by atoms with E-state index in [1.165, 1.54) is 45.0 Å². The molecule has 0 aliphatic carbocycles. The highest BCUT2D eigenvalue weighted by molar-refractivity contribution is 7.89. The highest BCUT2D eigenvalue weighted by Gasteiger charge is 2.44. The smallest absolute Gasteiger partial charge is 0.243 e. The molecule has 31 heavy (non-hydrogen) atoms. The van der Waals surface area contributed by atoms with Gasteiger partial charge in [-0.3, -0.25) is 0 Å². The molecule has 0 bridgehead atoms. The van der Waals surface area contributed by atoms with E-state index in [1.807, 2.05) is 0 Å². The molecule has 9 heteroatoms. The summed E-state index contributed by atoms with van der Waals surface area (Å²) in [4.78, 5) is 0.312. The summed E-state index contributed by atoms with van der Waals surface area (Å²) in [5, 5.41) is 3.17. The van der Waals surface area contributed by atoms with E-state index in [9.17, 15) is 16.8 Å². The van der Waals surface area contributed by atoms with Crippen LogP contribution in [0.1, 0.15) is 0 Å². The molecular formula is C22H27N3O4S2. The second kappa shape index (κ2) is 9.88. The van der Waals surface area contributed by atoms with Gasteiger partial charge in [-0.05, 0) is 24.3 Å². The summed E-state index contributed by atoms with van der Waals surface area (Å²) < 4.78 is 56.3. The molecule has 1 N–H and O–H groups in total. The average Bonchev–Trinajstić information content (AvgIpc) is 3.25. The molecule has 1 aliphatic heterocycles. The van der Waals surface area contributed by atoms with Crippen LogP contribution in [0.2, 0.25) is 0 Å². The molecule has 0 saturated carbocycles. The Morgan fingerprint density at radius 1 is 0.742 bits per heavy atom. The lowest BCUT2D eigenvalue weighted by Crippen LogP contribution is -2.54. The summed E-state index contributed by atoms with van der Waals surface area (Å²) in [6.45, 7) is 8.18. The molecule has 0 amide bonds. The Morgan fingerprint density at radius 3 is 1.42 bits per heavy atom. The number of nitrogens with one attached hydrogen (secondary N) is 1. The zero-order valence-electron chi connectivity index (χ0n) is 17.2. The number of rotatable bonds is 10. The largest absolute Gasteiger partial charge is 0.313 e. The first-order chi connectivity index (χ1) is 14.8. The summed E-state index contributed by atoms with van der Waals surface area (Å²) in [5.41, 5.74) is 0. The normalized spacial score (nSPS) is 19.5. The monoisotopic (exact) mass is 461 g/mol. The lowest BCUT2D eigenvalue weighted by molar-refractivity contribution is 0.248. The lowest BCUT2D eigenvalue weighted by Gasteiger charge is -2.36. The van der Waals surface area contributed by atoms with Gasteiger partial charge < -0.3 is 5.32 Å². The third-order valence-electron chi connectivity index (χ3n) is 5.21. The van der Waals surface area contributed by atoms with E-state index in [4.69, 9.17) is 0 Å². The van der Waals surface area contributed by atoms with Gasteiger partial charge in [0, 0.05) is 26.2 Å². The molecule has 2 aromatic carbocycles. The summed E-state index contributed by atoms with van der Waals surface area (Å²) in [5.74, 6) is 0. The second-order valence-electron chi connectivity index (χ2n) is 7.15. The van der Waals surface area contributed by atoms with Crippen molar-refractivity contribution in [3.63, 3.8) is 0 Å². The van der Waals surface area contributed by atoms with Gasteiger partial charge in [0.2, 0.25) is 20.0 Å². The average molecular weight is 462 g/mol. The van der Waals surface area contributed by atoms with Crippen molar-refractivity contribution in [1.82, 2.24) is 13.9 Å². The van der Waals surface area contributed by atoms with Crippen LogP contribution in [0.25, 0.3) is 0 Å². The second-order valence-corrected chi connectivity index (χ2v) is 10.9. The first kappa shape index (κ1) is 23.4. The van der Waals surface area contributed by atoms with Gasteiger partial charge in [0.05, 0.1) is 21.9 Å². The van der Waals surface area contributed by atoms with Crippen LogP contribution in [0.5, 0.6) is 0 Å². The van der Waals surface area contributed by atoms with E-state index >= 15 is 0 Å².